The van der Waals surface area contributed by atoms with Gasteiger partial charge in [0.05, 0.1) is 0 Å². The molecule has 0 radical (unpaired) electrons. The number of ether oxygens (including phenoxy) is 1. The zero-order valence-electron chi connectivity index (χ0n) is 10.6. The fourth-order valence-electron chi connectivity index (χ4n) is 2.15. The number of hydrogen-bond acceptors (Lipinski definition) is 3. The van der Waals surface area contributed by atoms with E-state index in [1.165, 1.54) is 0 Å². The molecule has 18 heavy (non-hydrogen) atoms. The molecule has 1 N–H and O–H groups in total. The van der Waals surface area contributed by atoms with E-state index in [1.54, 1.807) is 4.90 Å². The fraction of sp³-hybridized carbons (Fsp3) is 0.909. The van der Waals surface area contributed by atoms with E-state index in [-0.39, 0.29) is 11.8 Å². The van der Waals surface area contributed by atoms with E-state index < -0.39 is 19.4 Å². The summed E-state index contributed by atoms with van der Waals surface area (Å²) in [5.41, 5.74) is 0. The molecule has 1 saturated heterocycles. The summed E-state index contributed by atoms with van der Waals surface area (Å²) in [5.74, 6) is -0.0871. The van der Waals surface area contributed by atoms with Gasteiger partial charge in [0.2, 0.25) is 5.91 Å². The van der Waals surface area contributed by atoms with Gasteiger partial charge in [-0.25, -0.2) is 0 Å². The van der Waals surface area contributed by atoms with Crippen LogP contribution in [0.25, 0.3) is 0 Å². The molecule has 0 bridgehead atoms. The number of hydrogen-bond donors (Lipinski definition) is 1. The summed E-state index contributed by atoms with van der Waals surface area (Å²) in [6.07, 6.45) is -3.57. The molecule has 0 aromatic rings. The Bertz CT molecular complexity index is 284. The first-order valence-electron chi connectivity index (χ1n) is 5.93. The minimum atomic E-state index is -4.38. The van der Waals surface area contributed by atoms with Crippen molar-refractivity contribution >= 4 is 5.91 Å². The normalized spacial score (nSPS) is 25.3. The van der Waals surface area contributed by atoms with E-state index in [2.05, 4.69) is 10.1 Å². The summed E-state index contributed by atoms with van der Waals surface area (Å²) in [4.78, 5) is 13.2. The summed E-state index contributed by atoms with van der Waals surface area (Å²) in [6.45, 7) is 1.25. The second-order valence-electron chi connectivity index (χ2n) is 4.61. The molecule has 0 aliphatic carbocycles. The number of nitrogens with zero attached hydrogens (tertiary/aromatic N) is 1. The molecule has 0 aromatic carbocycles. The van der Waals surface area contributed by atoms with Crippen molar-refractivity contribution < 1.29 is 22.7 Å². The van der Waals surface area contributed by atoms with Gasteiger partial charge in [-0.3, -0.25) is 4.79 Å². The lowest BCUT2D eigenvalue weighted by atomic mass is 9.94. The Morgan fingerprint density at radius 3 is 2.67 bits per heavy atom. The van der Waals surface area contributed by atoms with Gasteiger partial charge in [-0.1, -0.05) is 6.92 Å². The average molecular weight is 268 g/mol. The molecule has 106 valence electrons. The van der Waals surface area contributed by atoms with Gasteiger partial charge < -0.3 is 15.0 Å². The van der Waals surface area contributed by atoms with Crippen molar-refractivity contribution in [1.29, 1.82) is 0 Å². The highest BCUT2D eigenvalue weighted by molar-refractivity contribution is 5.77. The third-order valence-corrected chi connectivity index (χ3v) is 3.12. The first kappa shape index (κ1) is 15.2. The Kier molecular flexibility index (Phi) is 5.40. The molecule has 1 aliphatic heterocycles. The number of rotatable bonds is 4. The van der Waals surface area contributed by atoms with E-state index in [0.717, 1.165) is 6.42 Å². The van der Waals surface area contributed by atoms with Crippen molar-refractivity contribution in [2.45, 2.75) is 25.6 Å². The number of amides is 1. The lowest BCUT2D eigenvalue weighted by Gasteiger charge is -2.36. The maximum Gasteiger partial charge on any atom is 0.411 e. The van der Waals surface area contributed by atoms with Gasteiger partial charge in [0.1, 0.15) is 13.2 Å². The molecule has 0 aromatic heterocycles. The zero-order valence-corrected chi connectivity index (χ0v) is 10.6. The number of carbonyl (C=O) groups excluding carboxylic acids is 1. The number of halogens is 3. The number of piperidine rings is 1. The topological polar surface area (TPSA) is 41.6 Å². The van der Waals surface area contributed by atoms with Crippen LogP contribution in [0.3, 0.4) is 0 Å². The lowest BCUT2D eigenvalue weighted by molar-refractivity contribution is -0.178. The summed E-state index contributed by atoms with van der Waals surface area (Å²) in [5, 5.41) is 3.16. The predicted octanol–water partition coefficient (Wildman–Crippen LogP) is 1.02. The maximum absolute atomic E-state index is 11.8. The third kappa shape index (κ3) is 4.81. The van der Waals surface area contributed by atoms with Gasteiger partial charge in [-0.15, -0.1) is 0 Å². The molecule has 1 heterocycles. The summed E-state index contributed by atoms with van der Waals surface area (Å²) >= 11 is 0. The zero-order chi connectivity index (χ0) is 13.8. The van der Waals surface area contributed by atoms with Crippen molar-refractivity contribution in [3.63, 3.8) is 0 Å². The first-order chi connectivity index (χ1) is 8.33. The van der Waals surface area contributed by atoms with E-state index in [9.17, 15) is 18.0 Å². The molecule has 1 rings (SSSR count). The Labute approximate surface area is 104 Å². The van der Waals surface area contributed by atoms with Crippen LogP contribution < -0.4 is 5.32 Å². The quantitative estimate of drug-likeness (QED) is 0.827. The Balaban J connectivity index is 2.31. The first-order valence-corrected chi connectivity index (χ1v) is 5.93. The lowest BCUT2D eigenvalue weighted by Crippen LogP contribution is -2.50. The number of alkyl halides is 3. The van der Waals surface area contributed by atoms with Gasteiger partial charge >= 0.3 is 6.18 Å². The molecular formula is C11H19F3N2O2. The van der Waals surface area contributed by atoms with E-state index >= 15 is 0 Å². The Morgan fingerprint density at radius 1 is 1.50 bits per heavy atom. The van der Waals surface area contributed by atoms with E-state index in [4.69, 9.17) is 0 Å². The molecule has 2 unspecified atom stereocenters. The van der Waals surface area contributed by atoms with Crippen LogP contribution in [0.5, 0.6) is 0 Å². The SMILES string of the molecule is CNC1CCN(C(=O)COCC(F)(F)F)CC1C. The van der Waals surface area contributed by atoms with Crippen molar-refractivity contribution in [1.82, 2.24) is 10.2 Å². The van der Waals surface area contributed by atoms with Crippen LogP contribution in [-0.4, -0.2) is 56.4 Å². The minimum Gasteiger partial charge on any atom is -0.362 e. The van der Waals surface area contributed by atoms with Gasteiger partial charge in [-0.2, -0.15) is 13.2 Å². The molecule has 1 fully saturated rings. The van der Waals surface area contributed by atoms with Gasteiger partial charge in [0.25, 0.3) is 0 Å². The van der Waals surface area contributed by atoms with Gasteiger partial charge in [0.15, 0.2) is 0 Å². The number of likely N-dealkylation sites (tertiary alicyclic amines) is 1. The number of nitrogens with one attached hydrogen (secondary N) is 1. The minimum absolute atomic E-state index is 0.287. The van der Waals surface area contributed by atoms with Crippen LogP contribution in [-0.2, 0) is 9.53 Å². The smallest absolute Gasteiger partial charge is 0.362 e. The highest BCUT2D eigenvalue weighted by Crippen LogP contribution is 2.17. The maximum atomic E-state index is 11.8. The number of carbonyl (C=O) groups is 1. The van der Waals surface area contributed by atoms with Crippen LogP contribution >= 0.6 is 0 Å². The Hall–Kier alpha value is -0.820. The van der Waals surface area contributed by atoms with Crippen LogP contribution in [0.1, 0.15) is 13.3 Å². The summed E-state index contributed by atoms with van der Waals surface area (Å²) in [7, 11) is 1.87. The third-order valence-electron chi connectivity index (χ3n) is 3.12. The van der Waals surface area contributed by atoms with Crippen molar-refractivity contribution in [2.24, 2.45) is 5.92 Å². The highest BCUT2D eigenvalue weighted by atomic mass is 19.4. The summed E-state index contributed by atoms with van der Waals surface area (Å²) < 4.78 is 39.9. The van der Waals surface area contributed by atoms with Crippen LogP contribution in [0.4, 0.5) is 13.2 Å². The van der Waals surface area contributed by atoms with Crippen molar-refractivity contribution in [3.05, 3.63) is 0 Å². The van der Waals surface area contributed by atoms with E-state index in [0.29, 0.717) is 19.1 Å². The Morgan fingerprint density at radius 2 is 2.17 bits per heavy atom. The van der Waals surface area contributed by atoms with Crippen molar-refractivity contribution in [2.75, 3.05) is 33.4 Å². The van der Waals surface area contributed by atoms with Crippen LogP contribution in [0, 0.1) is 5.92 Å². The molecule has 2 atom stereocenters. The molecular weight excluding hydrogens is 249 g/mol. The second kappa shape index (κ2) is 6.38. The van der Waals surface area contributed by atoms with Gasteiger partial charge in [0, 0.05) is 19.1 Å². The fourth-order valence-corrected chi connectivity index (χ4v) is 2.15. The van der Waals surface area contributed by atoms with Crippen LogP contribution in [0.15, 0.2) is 0 Å². The largest absolute Gasteiger partial charge is 0.411 e. The molecule has 1 aliphatic rings. The predicted molar refractivity (Wildman–Crippen MR) is 60.1 cm³/mol. The molecule has 4 nitrogen and oxygen atoms in total. The summed E-state index contributed by atoms with van der Waals surface area (Å²) in [6, 6.07) is 0.352. The monoisotopic (exact) mass is 268 g/mol. The standard InChI is InChI=1S/C11H19F3N2O2/c1-8-5-16(4-3-9(8)15-2)10(17)6-18-7-11(12,13)14/h8-9,15H,3-7H2,1-2H3. The van der Waals surface area contributed by atoms with Crippen LogP contribution in [0.2, 0.25) is 0 Å². The molecule has 0 saturated carbocycles. The van der Waals surface area contributed by atoms with Crippen molar-refractivity contribution in [3.8, 4) is 0 Å². The average Bonchev–Trinajstić information content (AvgIpc) is 2.27. The van der Waals surface area contributed by atoms with E-state index in [1.807, 2.05) is 14.0 Å². The molecule has 7 heteroatoms. The molecule has 0 spiro atoms. The molecule has 1 amide bonds. The second-order valence-corrected chi connectivity index (χ2v) is 4.61. The van der Waals surface area contributed by atoms with Gasteiger partial charge in [-0.05, 0) is 19.4 Å². The highest BCUT2D eigenvalue weighted by Gasteiger charge is 2.30.